The Labute approximate surface area is 159 Å². The van der Waals surface area contributed by atoms with Gasteiger partial charge in [0.05, 0.1) is 0 Å². The van der Waals surface area contributed by atoms with Gasteiger partial charge in [-0.2, -0.15) is 0 Å². The van der Waals surface area contributed by atoms with Gasteiger partial charge in [0.2, 0.25) is 0 Å². The average molecular weight is 367 g/mol. The van der Waals surface area contributed by atoms with Crippen LogP contribution < -0.4 is 5.32 Å². The Morgan fingerprint density at radius 2 is 1.81 bits per heavy atom. The van der Waals surface area contributed by atoms with Crippen LogP contribution in [0.25, 0.3) is 0 Å². The maximum Gasteiger partial charge on any atom is 0.251 e. The number of amides is 1. The van der Waals surface area contributed by atoms with Crippen LogP contribution in [0.1, 0.15) is 52.7 Å². The van der Waals surface area contributed by atoms with Crippen LogP contribution in [0.5, 0.6) is 0 Å². The van der Waals surface area contributed by atoms with Gasteiger partial charge < -0.3 is 10.1 Å². The van der Waals surface area contributed by atoms with Gasteiger partial charge in [-0.05, 0) is 79.5 Å². The van der Waals surface area contributed by atoms with Crippen LogP contribution in [0.2, 0.25) is 0 Å². The highest BCUT2D eigenvalue weighted by molar-refractivity contribution is 5.94. The summed E-state index contributed by atoms with van der Waals surface area (Å²) >= 11 is 0. The molecule has 1 aliphatic carbocycles. The van der Waals surface area contributed by atoms with Gasteiger partial charge in [-0.1, -0.05) is 18.2 Å². The van der Waals surface area contributed by atoms with E-state index in [1.54, 1.807) is 12.1 Å². The SMILES string of the molecule is O=C(NCC1(c2cccc(F)c2)CCOCC1)c1ccc2c(c1)CCCC2. The largest absolute Gasteiger partial charge is 0.381 e. The van der Waals surface area contributed by atoms with Crippen molar-refractivity contribution >= 4 is 5.91 Å². The summed E-state index contributed by atoms with van der Waals surface area (Å²) in [5.41, 5.74) is 4.07. The minimum Gasteiger partial charge on any atom is -0.381 e. The zero-order valence-electron chi connectivity index (χ0n) is 15.6. The second kappa shape index (κ2) is 7.81. The molecule has 0 bridgehead atoms. The molecule has 2 aromatic rings. The summed E-state index contributed by atoms with van der Waals surface area (Å²) in [6.45, 7) is 1.76. The Balaban J connectivity index is 1.51. The van der Waals surface area contributed by atoms with E-state index in [0.717, 1.165) is 36.8 Å². The van der Waals surface area contributed by atoms with E-state index in [2.05, 4.69) is 11.4 Å². The van der Waals surface area contributed by atoms with Crippen LogP contribution in [-0.4, -0.2) is 25.7 Å². The Kier molecular flexibility index (Phi) is 5.26. The molecular weight excluding hydrogens is 341 g/mol. The number of nitrogens with one attached hydrogen (secondary N) is 1. The second-order valence-electron chi connectivity index (χ2n) is 7.78. The van der Waals surface area contributed by atoms with Gasteiger partial charge in [-0.25, -0.2) is 4.39 Å². The minimum atomic E-state index is -0.274. The molecule has 4 heteroatoms. The predicted molar refractivity (Wildman–Crippen MR) is 104 cm³/mol. The van der Waals surface area contributed by atoms with Gasteiger partial charge in [0.25, 0.3) is 5.91 Å². The van der Waals surface area contributed by atoms with E-state index in [1.807, 2.05) is 18.2 Å². The first-order valence-corrected chi connectivity index (χ1v) is 9.90. The molecule has 1 saturated heterocycles. The van der Waals surface area contributed by atoms with Crippen LogP contribution in [-0.2, 0) is 23.0 Å². The molecule has 0 spiro atoms. The smallest absolute Gasteiger partial charge is 0.251 e. The van der Waals surface area contributed by atoms with Crippen LogP contribution in [0, 0.1) is 5.82 Å². The van der Waals surface area contributed by atoms with Crippen molar-refractivity contribution in [3.05, 3.63) is 70.5 Å². The van der Waals surface area contributed by atoms with E-state index >= 15 is 0 Å². The number of rotatable bonds is 4. The number of hydrogen-bond donors (Lipinski definition) is 1. The molecule has 1 aliphatic heterocycles. The highest BCUT2D eigenvalue weighted by Gasteiger charge is 2.35. The Morgan fingerprint density at radius 3 is 2.59 bits per heavy atom. The number of ether oxygens (including phenoxy) is 1. The monoisotopic (exact) mass is 367 g/mol. The number of carbonyl (C=O) groups excluding carboxylic acids is 1. The van der Waals surface area contributed by atoms with E-state index in [4.69, 9.17) is 4.74 Å². The van der Waals surface area contributed by atoms with Crippen molar-refractivity contribution in [2.75, 3.05) is 19.8 Å². The molecule has 2 aromatic carbocycles. The van der Waals surface area contributed by atoms with Crippen LogP contribution >= 0.6 is 0 Å². The number of fused-ring (bicyclic) bond motifs is 1. The van der Waals surface area contributed by atoms with Gasteiger partial charge in [0.1, 0.15) is 5.82 Å². The van der Waals surface area contributed by atoms with Crippen molar-refractivity contribution in [1.29, 1.82) is 0 Å². The molecule has 2 aliphatic rings. The lowest BCUT2D eigenvalue weighted by molar-refractivity contribution is 0.0486. The zero-order chi connectivity index (χ0) is 18.7. The third-order valence-electron chi connectivity index (χ3n) is 6.08. The molecule has 1 heterocycles. The summed E-state index contributed by atoms with van der Waals surface area (Å²) in [5, 5.41) is 3.12. The predicted octanol–water partition coefficient (Wildman–Crippen LogP) is 4.18. The molecule has 0 unspecified atom stereocenters. The lowest BCUT2D eigenvalue weighted by Gasteiger charge is -2.38. The lowest BCUT2D eigenvalue weighted by Crippen LogP contribution is -2.44. The normalized spacial score (nSPS) is 18.6. The summed E-state index contributed by atoms with van der Waals surface area (Å²) in [6.07, 6.45) is 6.15. The number of halogens is 1. The maximum atomic E-state index is 13.8. The highest BCUT2D eigenvalue weighted by atomic mass is 19.1. The summed E-state index contributed by atoms with van der Waals surface area (Å²) in [7, 11) is 0. The quantitative estimate of drug-likeness (QED) is 0.880. The molecule has 1 fully saturated rings. The van der Waals surface area contributed by atoms with Crippen molar-refractivity contribution < 1.29 is 13.9 Å². The fourth-order valence-electron chi connectivity index (χ4n) is 4.37. The zero-order valence-corrected chi connectivity index (χ0v) is 15.6. The standard InChI is InChI=1S/C23H26FNO2/c24-21-7-3-6-20(15-21)23(10-12-27-13-11-23)16-25-22(26)19-9-8-17-4-1-2-5-18(17)14-19/h3,6-9,14-15H,1-2,4-5,10-13,16H2,(H,25,26). The summed E-state index contributed by atoms with van der Waals surface area (Å²) in [4.78, 5) is 12.8. The molecule has 0 saturated carbocycles. The van der Waals surface area contributed by atoms with Crippen molar-refractivity contribution in [2.45, 2.75) is 43.9 Å². The fourth-order valence-corrected chi connectivity index (χ4v) is 4.37. The van der Waals surface area contributed by atoms with Gasteiger partial charge in [0, 0.05) is 30.7 Å². The van der Waals surface area contributed by atoms with Crippen molar-refractivity contribution in [1.82, 2.24) is 5.32 Å². The number of benzene rings is 2. The summed E-state index contributed by atoms with van der Waals surface area (Å²) in [6, 6.07) is 12.8. The average Bonchev–Trinajstić information content (AvgIpc) is 2.72. The molecule has 4 rings (SSSR count). The Hall–Kier alpha value is -2.20. The molecule has 3 nitrogen and oxygen atoms in total. The van der Waals surface area contributed by atoms with Crippen LogP contribution in [0.4, 0.5) is 4.39 Å². The van der Waals surface area contributed by atoms with E-state index in [0.29, 0.717) is 19.8 Å². The van der Waals surface area contributed by atoms with Gasteiger partial charge >= 0.3 is 0 Å². The molecule has 27 heavy (non-hydrogen) atoms. The lowest BCUT2D eigenvalue weighted by atomic mass is 9.74. The summed E-state index contributed by atoms with van der Waals surface area (Å²) in [5.74, 6) is -0.287. The number of carbonyl (C=O) groups is 1. The third kappa shape index (κ3) is 3.91. The van der Waals surface area contributed by atoms with Gasteiger partial charge in [-0.15, -0.1) is 0 Å². The topological polar surface area (TPSA) is 38.3 Å². The molecular formula is C23H26FNO2. The van der Waals surface area contributed by atoms with Crippen molar-refractivity contribution in [3.8, 4) is 0 Å². The third-order valence-corrected chi connectivity index (χ3v) is 6.08. The molecule has 0 atom stereocenters. The first kappa shape index (κ1) is 18.2. The molecule has 1 N–H and O–H groups in total. The van der Waals surface area contributed by atoms with E-state index in [-0.39, 0.29) is 17.1 Å². The Morgan fingerprint density at radius 1 is 1.04 bits per heavy atom. The molecule has 0 aromatic heterocycles. The van der Waals surface area contributed by atoms with E-state index in [1.165, 1.54) is 30.0 Å². The van der Waals surface area contributed by atoms with Gasteiger partial charge in [0.15, 0.2) is 0 Å². The Bertz CT molecular complexity index is 827. The van der Waals surface area contributed by atoms with E-state index < -0.39 is 0 Å². The van der Waals surface area contributed by atoms with Crippen molar-refractivity contribution in [2.24, 2.45) is 0 Å². The first-order valence-electron chi connectivity index (χ1n) is 9.90. The maximum absolute atomic E-state index is 13.8. The second-order valence-corrected chi connectivity index (χ2v) is 7.78. The number of hydrogen-bond acceptors (Lipinski definition) is 2. The first-order chi connectivity index (χ1) is 13.2. The molecule has 0 radical (unpaired) electrons. The molecule has 142 valence electrons. The van der Waals surface area contributed by atoms with Crippen molar-refractivity contribution in [3.63, 3.8) is 0 Å². The number of aryl methyl sites for hydroxylation is 2. The highest BCUT2D eigenvalue weighted by Crippen LogP contribution is 2.34. The van der Waals surface area contributed by atoms with Crippen LogP contribution in [0.3, 0.4) is 0 Å². The van der Waals surface area contributed by atoms with Crippen LogP contribution in [0.15, 0.2) is 42.5 Å². The fraction of sp³-hybridized carbons (Fsp3) is 0.435. The van der Waals surface area contributed by atoms with E-state index in [9.17, 15) is 9.18 Å². The van der Waals surface area contributed by atoms with Gasteiger partial charge in [-0.3, -0.25) is 4.79 Å². The summed E-state index contributed by atoms with van der Waals surface area (Å²) < 4.78 is 19.3. The minimum absolute atomic E-state index is 0.0503. The molecule has 1 amide bonds.